The molecule has 1 atom stereocenters. The summed E-state index contributed by atoms with van der Waals surface area (Å²) in [7, 11) is 0. The highest BCUT2D eigenvalue weighted by Crippen LogP contribution is 2.47. The van der Waals surface area contributed by atoms with Crippen LogP contribution in [0.15, 0.2) is 36.4 Å². The number of carbonyl (C=O) groups excluding carboxylic acids is 6. The summed E-state index contributed by atoms with van der Waals surface area (Å²) in [5, 5.41) is 8.85. The molecule has 0 radical (unpaired) electrons. The average molecular weight is 579 g/mol. The fourth-order valence-corrected chi connectivity index (χ4v) is 4.97. The normalized spacial score (nSPS) is 15.1. The van der Waals surface area contributed by atoms with Crippen molar-refractivity contribution in [1.82, 2.24) is 10.4 Å². The first-order valence-corrected chi connectivity index (χ1v) is 14.0. The summed E-state index contributed by atoms with van der Waals surface area (Å²) in [4.78, 5) is 77.3. The zero-order chi connectivity index (χ0) is 30.2. The Hall–Kier alpha value is -4.74. The number of fused-ring (bicyclic) bond motifs is 3. The van der Waals surface area contributed by atoms with Gasteiger partial charge in [-0.1, -0.05) is 24.1 Å². The van der Waals surface area contributed by atoms with E-state index in [-0.39, 0.29) is 50.0 Å². The van der Waals surface area contributed by atoms with Gasteiger partial charge >= 0.3 is 6.16 Å². The molecule has 1 unspecified atom stereocenters. The molecule has 222 valence electrons. The summed E-state index contributed by atoms with van der Waals surface area (Å²) in [5.41, 5.74) is 4.39. The zero-order valence-electron chi connectivity index (χ0n) is 23.6. The van der Waals surface area contributed by atoms with Crippen LogP contribution in [0, 0.1) is 0 Å². The third-order valence-corrected chi connectivity index (χ3v) is 6.91. The van der Waals surface area contributed by atoms with E-state index >= 15 is 0 Å². The largest absolute Gasteiger partial charge is 0.533 e. The van der Waals surface area contributed by atoms with E-state index in [9.17, 15) is 28.8 Å². The van der Waals surface area contributed by atoms with Crippen molar-refractivity contribution in [3.8, 4) is 11.1 Å². The van der Waals surface area contributed by atoms with Crippen LogP contribution in [0.25, 0.3) is 11.1 Å². The van der Waals surface area contributed by atoms with Gasteiger partial charge in [0.25, 0.3) is 11.8 Å². The number of rotatable bonds is 12. The minimum Gasteiger partial charge on any atom is -0.432 e. The smallest absolute Gasteiger partial charge is 0.432 e. The second-order valence-electron chi connectivity index (χ2n) is 10.0. The fraction of sp³-hybridized carbons (Fsp3) is 0.400. The van der Waals surface area contributed by atoms with E-state index < -0.39 is 23.9 Å². The summed E-state index contributed by atoms with van der Waals surface area (Å²) >= 11 is 0. The Morgan fingerprint density at radius 2 is 1.36 bits per heavy atom. The van der Waals surface area contributed by atoms with E-state index in [0.717, 1.165) is 22.3 Å². The molecule has 2 aliphatic rings. The first-order chi connectivity index (χ1) is 20.2. The Morgan fingerprint density at radius 1 is 0.810 bits per heavy atom. The highest BCUT2D eigenvalue weighted by Gasteiger charge is 2.35. The van der Waals surface area contributed by atoms with Crippen LogP contribution in [0.3, 0.4) is 0 Å². The van der Waals surface area contributed by atoms with Gasteiger partial charge in [0.05, 0.1) is 0 Å². The molecule has 5 amide bonds. The number of carbonyl (C=O) groups is 6. The number of ether oxygens (including phenoxy) is 1. The molecular formula is C30H34N4O8. The standard InChI is InChI=1S/C30H34N4O8/c1-3-6-26(36)32-18-9-11-20-21-12-10-19(33-27(37)8-5-7-25(35)31-4-2)16-23(21)24(22(20)15-18)17-41-30(40)42-34-28(38)13-14-29(34)39/h9-12,15-16,24H,3-8,13-14,17H2,1-2H3,(H,31,35)(H,32,36)(H,33,37). The Bertz CT molecular complexity index is 1390. The van der Waals surface area contributed by atoms with Crippen LogP contribution >= 0.6 is 0 Å². The molecule has 1 saturated heterocycles. The van der Waals surface area contributed by atoms with E-state index in [1.54, 1.807) is 18.2 Å². The van der Waals surface area contributed by atoms with Crippen molar-refractivity contribution in [2.75, 3.05) is 23.8 Å². The van der Waals surface area contributed by atoms with Crippen molar-refractivity contribution >= 4 is 47.1 Å². The highest BCUT2D eigenvalue weighted by molar-refractivity contribution is 6.01. The predicted octanol–water partition coefficient (Wildman–Crippen LogP) is 4.00. The second-order valence-corrected chi connectivity index (χ2v) is 10.0. The van der Waals surface area contributed by atoms with Gasteiger partial charge in [0.1, 0.15) is 6.61 Å². The minimum absolute atomic E-state index is 0.0392. The maximum Gasteiger partial charge on any atom is 0.533 e. The van der Waals surface area contributed by atoms with Crippen molar-refractivity contribution in [2.24, 2.45) is 0 Å². The quantitative estimate of drug-likeness (QED) is 0.252. The number of nitrogens with one attached hydrogen (secondary N) is 3. The van der Waals surface area contributed by atoms with Gasteiger partial charge in [-0.3, -0.25) is 28.8 Å². The first-order valence-electron chi connectivity index (χ1n) is 14.0. The van der Waals surface area contributed by atoms with Crippen LogP contribution in [0.5, 0.6) is 0 Å². The van der Waals surface area contributed by atoms with Crippen LogP contribution in [0.1, 0.15) is 75.8 Å². The molecule has 2 aromatic rings. The SMILES string of the molecule is CCCC(=O)Nc1ccc2c(c1)C(COC(=O)ON1C(=O)CCC1=O)c1cc(NC(=O)CCCC(=O)NCC)ccc1-2. The van der Waals surface area contributed by atoms with Crippen molar-refractivity contribution in [1.29, 1.82) is 0 Å². The van der Waals surface area contributed by atoms with Crippen LogP contribution in [0.4, 0.5) is 16.2 Å². The van der Waals surface area contributed by atoms with Gasteiger partial charge < -0.3 is 20.7 Å². The Kier molecular flexibility index (Phi) is 9.89. The number of amides is 5. The van der Waals surface area contributed by atoms with Gasteiger partial charge in [-0.25, -0.2) is 4.79 Å². The molecule has 0 spiro atoms. The molecule has 0 bridgehead atoms. The number of anilines is 2. The Labute approximate surface area is 243 Å². The maximum absolute atomic E-state index is 12.6. The number of benzene rings is 2. The number of imide groups is 1. The molecule has 0 aromatic heterocycles. The maximum atomic E-state index is 12.6. The molecular weight excluding hydrogens is 544 g/mol. The summed E-state index contributed by atoms with van der Waals surface area (Å²) < 4.78 is 5.35. The minimum atomic E-state index is -1.20. The lowest BCUT2D eigenvalue weighted by Crippen LogP contribution is -2.32. The molecule has 12 heteroatoms. The van der Waals surface area contributed by atoms with Crippen LogP contribution in [-0.4, -0.2) is 53.9 Å². The van der Waals surface area contributed by atoms with Gasteiger partial charge in [-0.15, -0.1) is 0 Å². The number of hydrogen-bond donors (Lipinski definition) is 3. The van der Waals surface area contributed by atoms with Gasteiger partial charge in [-0.2, -0.15) is 0 Å². The van der Waals surface area contributed by atoms with Gasteiger partial charge in [0, 0.05) is 55.9 Å². The van der Waals surface area contributed by atoms with E-state index in [2.05, 4.69) is 16.0 Å². The van der Waals surface area contributed by atoms with Crippen LogP contribution in [-0.2, 0) is 33.5 Å². The monoisotopic (exact) mass is 578 g/mol. The molecule has 42 heavy (non-hydrogen) atoms. The molecule has 1 aliphatic heterocycles. The lowest BCUT2D eigenvalue weighted by molar-refractivity contribution is -0.177. The summed E-state index contributed by atoms with van der Waals surface area (Å²) in [6.45, 7) is 4.09. The third kappa shape index (κ3) is 7.31. The van der Waals surface area contributed by atoms with Crippen LogP contribution < -0.4 is 16.0 Å². The molecule has 2 aromatic carbocycles. The van der Waals surface area contributed by atoms with Gasteiger partial charge in [0.2, 0.25) is 17.7 Å². The Balaban J connectivity index is 1.51. The summed E-state index contributed by atoms with van der Waals surface area (Å²) in [6.07, 6.45) is 0.618. The number of hydroxylamine groups is 2. The molecule has 1 fully saturated rings. The molecule has 1 aliphatic carbocycles. The van der Waals surface area contributed by atoms with E-state index in [1.165, 1.54) is 0 Å². The molecule has 0 saturated carbocycles. The lowest BCUT2D eigenvalue weighted by Gasteiger charge is -2.17. The average Bonchev–Trinajstić information content (AvgIpc) is 3.42. The third-order valence-electron chi connectivity index (χ3n) is 6.91. The van der Waals surface area contributed by atoms with Crippen LogP contribution in [0.2, 0.25) is 0 Å². The molecule has 4 rings (SSSR count). The van der Waals surface area contributed by atoms with Crippen molar-refractivity contribution in [3.05, 3.63) is 47.5 Å². The van der Waals surface area contributed by atoms with E-state index in [1.807, 2.05) is 32.0 Å². The number of hydrogen-bond acceptors (Lipinski definition) is 8. The Morgan fingerprint density at radius 3 is 1.90 bits per heavy atom. The first kappa shape index (κ1) is 30.2. The summed E-state index contributed by atoms with van der Waals surface area (Å²) in [6, 6.07) is 10.9. The molecule has 3 N–H and O–H groups in total. The molecule has 1 heterocycles. The highest BCUT2D eigenvalue weighted by atomic mass is 16.8. The van der Waals surface area contributed by atoms with E-state index in [0.29, 0.717) is 42.2 Å². The fourth-order valence-electron chi connectivity index (χ4n) is 4.97. The lowest BCUT2D eigenvalue weighted by atomic mass is 9.97. The van der Waals surface area contributed by atoms with Crippen molar-refractivity contribution in [3.63, 3.8) is 0 Å². The predicted molar refractivity (Wildman–Crippen MR) is 152 cm³/mol. The topological polar surface area (TPSA) is 160 Å². The van der Waals surface area contributed by atoms with Crippen molar-refractivity contribution in [2.45, 2.75) is 64.7 Å². The van der Waals surface area contributed by atoms with Gasteiger partial charge in [0.15, 0.2) is 0 Å². The molecule has 12 nitrogen and oxygen atoms in total. The zero-order valence-corrected chi connectivity index (χ0v) is 23.6. The summed E-state index contributed by atoms with van der Waals surface area (Å²) in [5.74, 6) is -2.20. The number of nitrogens with zero attached hydrogens (tertiary/aromatic N) is 1. The second kappa shape index (κ2) is 13.7. The van der Waals surface area contributed by atoms with E-state index in [4.69, 9.17) is 9.57 Å². The van der Waals surface area contributed by atoms with Gasteiger partial charge in [-0.05, 0) is 66.3 Å². The van der Waals surface area contributed by atoms with Crippen molar-refractivity contribution < 1.29 is 38.3 Å².